The molecule has 6 heteroatoms. The summed E-state index contributed by atoms with van der Waals surface area (Å²) in [6.45, 7) is 4.02. The van der Waals surface area contributed by atoms with Crippen molar-refractivity contribution in [3.63, 3.8) is 0 Å². The third-order valence-corrected chi connectivity index (χ3v) is 6.12. The van der Waals surface area contributed by atoms with Crippen LogP contribution in [0, 0.1) is 5.92 Å². The number of rotatable bonds is 7. The van der Waals surface area contributed by atoms with Gasteiger partial charge in [0.25, 0.3) is 0 Å². The molecule has 1 aliphatic carbocycles. The summed E-state index contributed by atoms with van der Waals surface area (Å²) in [7, 11) is 1.58. The Balaban J connectivity index is 1.56. The van der Waals surface area contributed by atoms with Crippen molar-refractivity contribution in [3.8, 4) is 5.75 Å². The van der Waals surface area contributed by atoms with Crippen LogP contribution in [0.2, 0.25) is 0 Å². The van der Waals surface area contributed by atoms with Crippen molar-refractivity contribution in [2.45, 2.75) is 51.5 Å². The van der Waals surface area contributed by atoms with Crippen molar-refractivity contribution < 1.29 is 14.3 Å². The van der Waals surface area contributed by atoms with Crippen LogP contribution >= 0.6 is 0 Å². The predicted molar refractivity (Wildman–Crippen MR) is 110 cm³/mol. The van der Waals surface area contributed by atoms with Crippen LogP contribution in [0.3, 0.4) is 0 Å². The van der Waals surface area contributed by atoms with E-state index in [2.05, 4.69) is 10.2 Å². The van der Waals surface area contributed by atoms with E-state index < -0.39 is 0 Å². The maximum atomic E-state index is 13.0. The van der Waals surface area contributed by atoms with E-state index >= 15 is 0 Å². The van der Waals surface area contributed by atoms with Crippen LogP contribution in [0.4, 0.5) is 5.69 Å². The Bertz CT molecular complexity index is 677. The fourth-order valence-corrected chi connectivity index (χ4v) is 4.64. The van der Waals surface area contributed by atoms with E-state index in [-0.39, 0.29) is 18.4 Å². The van der Waals surface area contributed by atoms with Crippen LogP contribution in [-0.2, 0) is 9.59 Å². The van der Waals surface area contributed by atoms with E-state index in [1.165, 1.54) is 25.7 Å². The summed E-state index contributed by atoms with van der Waals surface area (Å²) in [6.07, 6.45) is 7.28. The summed E-state index contributed by atoms with van der Waals surface area (Å²) < 4.78 is 5.28. The minimum Gasteiger partial charge on any atom is -0.495 e. The molecule has 0 spiro atoms. The van der Waals surface area contributed by atoms with Gasteiger partial charge in [0.15, 0.2) is 0 Å². The molecular weight excluding hydrogens is 354 g/mol. The lowest BCUT2D eigenvalue weighted by Crippen LogP contribution is -2.53. The van der Waals surface area contributed by atoms with Gasteiger partial charge in [0.2, 0.25) is 11.8 Å². The zero-order valence-electron chi connectivity index (χ0n) is 17.2. The normalized spacial score (nSPS) is 21.9. The van der Waals surface area contributed by atoms with Gasteiger partial charge in [-0.05, 0) is 50.3 Å². The van der Waals surface area contributed by atoms with Crippen molar-refractivity contribution in [1.29, 1.82) is 0 Å². The second kappa shape index (κ2) is 9.92. The minimum atomic E-state index is -0.131. The van der Waals surface area contributed by atoms with E-state index in [1.54, 1.807) is 7.11 Å². The van der Waals surface area contributed by atoms with Crippen LogP contribution in [-0.4, -0.2) is 60.9 Å². The van der Waals surface area contributed by atoms with Crippen LogP contribution in [0.5, 0.6) is 5.75 Å². The molecule has 0 aromatic heterocycles. The monoisotopic (exact) mass is 387 g/mol. The Morgan fingerprint density at radius 3 is 2.68 bits per heavy atom. The van der Waals surface area contributed by atoms with Crippen LogP contribution in [0.15, 0.2) is 24.3 Å². The number of benzene rings is 1. The molecule has 2 unspecified atom stereocenters. The van der Waals surface area contributed by atoms with Crippen molar-refractivity contribution in [2.75, 3.05) is 38.6 Å². The topological polar surface area (TPSA) is 61.9 Å². The molecule has 1 heterocycles. The third kappa shape index (κ3) is 5.04. The Hall–Kier alpha value is -2.08. The first-order chi connectivity index (χ1) is 13.6. The molecule has 1 aliphatic heterocycles. The van der Waals surface area contributed by atoms with Gasteiger partial charge in [0, 0.05) is 12.6 Å². The predicted octanol–water partition coefficient (Wildman–Crippen LogP) is 3.14. The fraction of sp³-hybridized carbons (Fsp3) is 0.636. The molecule has 6 nitrogen and oxygen atoms in total. The zero-order valence-corrected chi connectivity index (χ0v) is 17.2. The molecule has 0 radical (unpaired) electrons. The maximum Gasteiger partial charge on any atom is 0.238 e. The molecule has 2 aliphatic rings. The molecule has 1 saturated carbocycles. The highest BCUT2D eigenvalue weighted by atomic mass is 16.5. The third-order valence-electron chi connectivity index (χ3n) is 6.12. The second-order valence-corrected chi connectivity index (χ2v) is 7.89. The van der Waals surface area contributed by atoms with E-state index in [0.29, 0.717) is 36.5 Å². The number of fused-ring (bicyclic) bond motifs is 1. The highest BCUT2D eigenvalue weighted by Crippen LogP contribution is 2.35. The number of ether oxygens (including phenoxy) is 1. The number of likely N-dealkylation sites (N-methyl/N-ethyl adjacent to an activating group) is 1. The molecule has 1 N–H and O–H groups in total. The van der Waals surface area contributed by atoms with Gasteiger partial charge in [-0.25, -0.2) is 0 Å². The average Bonchev–Trinajstić information content (AvgIpc) is 2.73. The van der Waals surface area contributed by atoms with Crippen LogP contribution < -0.4 is 10.1 Å². The SMILES string of the molecule is CCN(CC(=O)Nc1ccccc1OC)CC(=O)N1CCCC2CCCCC21. The Kier molecular flexibility index (Phi) is 7.31. The molecule has 0 bridgehead atoms. The maximum absolute atomic E-state index is 13.0. The van der Waals surface area contributed by atoms with Gasteiger partial charge in [0.05, 0.1) is 25.9 Å². The van der Waals surface area contributed by atoms with Crippen LogP contribution in [0.25, 0.3) is 0 Å². The lowest BCUT2D eigenvalue weighted by atomic mass is 9.78. The molecule has 2 atom stereocenters. The van der Waals surface area contributed by atoms with Gasteiger partial charge < -0.3 is 15.0 Å². The zero-order chi connectivity index (χ0) is 19.9. The van der Waals surface area contributed by atoms with Crippen molar-refractivity contribution in [3.05, 3.63) is 24.3 Å². The first-order valence-electron chi connectivity index (χ1n) is 10.6. The van der Waals surface area contributed by atoms with E-state index in [4.69, 9.17) is 4.74 Å². The van der Waals surface area contributed by atoms with Gasteiger partial charge >= 0.3 is 0 Å². The number of hydrogen-bond acceptors (Lipinski definition) is 4. The Morgan fingerprint density at radius 1 is 1.14 bits per heavy atom. The van der Waals surface area contributed by atoms with E-state index in [1.807, 2.05) is 36.1 Å². The van der Waals surface area contributed by atoms with Gasteiger partial charge in [-0.15, -0.1) is 0 Å². The number of likely N-dealkylation sites (tertiary alicyclic amines) is 1. The second-order valence-electron chi connectivity index (χ2n) is 7.89. The van der Waals surface area contributed by atoms with Gasteiger partial charge in [-0.3, -0.25) is 14.5 Å². The lowest BCUT2D eigenvalue weighted by molar-refractivity contribution is -0.139. The quantitative estimate of drug-likeness (QED) is 0.781. The van der Waals surface area contributed by atoms with E-state index in [0.717, 1.165) is 19.4 Å². The molecule has 154 valence electrons. The summed E-state index contributed by atoms with van der Waals surface area (Å²) in [6, 6.07) is 7.76. The Labute approximate surface area is 168 Å². The number of nitrogens with one attached hydrogen (secondary N) is 1. The van der Waals surface area contributed by atoms with Gasteiger partial charge in [0.1, 0.15) is 5.75 Å². The minimum absolute atomic E-state index is 0.131. The Morgan fingerprint density at radius 2 is 1.89 bits per heavy atom. The summed E-state index contributed by atoms with van der Waals surface area (Å²) in [5.74, 6) is 1.35. The number of para-hydroxylation sites is 2. The first kappa shape index (κ1) is 20.6. The van der Waals surface area contributed by atoms with Crippen molar-refractivity contribution in [1.82, 2.24) is 9.80 Å². The number of anilines is 1. The average molecular weight is 388 g/mol. The molecule has 28 heavy (non-hydrogen) atoms. The molecule has 1 aromatic rings. The number of methoxy groups -OCH3 is 1. The summed E-state index contributed by atoms with van der Waals surface area (Å²) >= 11 is 0. The summed E-state index contributed by atoms with van der Waals surface area (Å²) in [5.41, 5.74) is 0.651. The number of carbonyl (C=O) groups excluding carboxylic acids is 2. The number of nitrogens with zero attached hydrogens (tertiary/aromatic N) is 2. The highest BCUT2D eigenvalue weighted by molar-refractivity contribution is 5.94. The largest absolute Gasteiger partial charge is 0.495 e. The first-order valence-corrected chi connectivity index (χ1v) is 10.6. The standard InChI is InChI=1S/C22H33N3O3/c1-3-24(15-21(26)23-18-11-5-7-13-20(18)28-2)16-22(27)25-14-8-10-17-9-4-6-12-19(17)25/h5,7,11,13,17,19H,3-4,6,8-10,12,14-16H2,1-2H3,(H,23,26). The fourth-order valence-electron chi connectivity index (χ4n) is 4.64. The molecule has 2 fully saturated rings. The number of amides is 2. The number of piperidine rings is 1. The van der Waals surface area contributed by atoms with Gasteiger partial charge in [-0.1, -0.05) is 31.9 Å². The molecule has 2 amide bonds. The molecule has 1 saturated heterocycles. The number of hydrogen-bond donors (Lipinski definition) is 1. The van der Waals surface area contributed by atoms with Gasteiger partial charge in [-0.2, -0.15) is 0 Å². The lowest BCUT2D eigenvalue weighted by Gasteiger charge is -2.44. The van der Waals surface area contributed by atoms with Crippen molar-refractivity contribution >= 4 is 17.5 Å². The summed E-state index contributed by atoms with van der Waals surface area (Å²) in [5, 5.41) is 2.89. The number of carbonyl (C=O) groups is 2. The highest BCUT2D eigenvalue weighted by Gasteiger charge is 2.35. The van der Waals surface area contributed by atoms with Crippen molar-refractivity contribution in [2.24, 2.45) is 5.92 Å². The summed E-state index contributed by atoms with van der Waals surface area (Å²) in [4.78, 5) is 29.5. The van der Waals surface area contributed by atoms with Crippen LogP contribution in [0.1, 0.15) is 45.4 Å². The molecule has 1 aromatic carbocycles. The van der Waals surface area contributed by atoms with E-state index in [9.17, 15) is 9.59 Å². The molecule has 3 rings (SSSR count). The molecular formula is C22H33N3O3. The smallest absolute Gasteiger partial charge is 0.238 e.